The van der Waals surface area contributed by atoms with Crippen molar-refractivity contribution in [2.75, 3.05) is 5.73 Å². The van der Waals surface area contributed by atoms with Gasteiger partial charge in [0.1, 0.15) is 11.6 Å². The Morgan fingerprint density at radius 2 is 1.94 bits per heavy atom. The molecule has 1 saturated carbocycles. The molecule has 4 heteroatoms. The van der Waals surface area contributed by atoms with Gasteiger partial charge in [-0.1, -0.05) is 6.92 Å². The highest BCUT2D eigenvalue weighted by Gasteiger charge is 2.20. The summed E-state index contributed by atoms with van der Waals surface area (Å²) in [6.07, 6.45) is 4.69. The Labute approximate surface area is 109 Å². The van der Waals surface area contributed by atoms with Gasteiger partial charge in [-0.25, -0.2) is 4.39 Å². The predicted octanol–water partition coefficient (Wildman–Crippen LogP) is 4.13. The van der Waals surface area contributed by atoms with Crippen molar-refractivity contribution in [3.8, 4) is 5.75 Å². The van der Waals surface area contributed by atoms with Gasteiger partial charge in [0.25, 0.3) is 0 Å². The van der Waals surface area contributed by atoms with Gasteiger partial charge in [-0.2, -0.15) is 0 Å². The number of nitrogen functional groups attached to an aromatic ring is 1. The van der Waals surface area contributed by atoms with Gasteiger partial charge in [0.15, 0.2) is 0 Å². The van der Waals surface area contributed by atoms with Gasteiger partial charge in [0.05, 0.1) is 16.3 Å². The molecule has 0 aromatic heterocycles. The third kappa shape index (κ3) is 3.12. The summed E-state index contributed by atoms with van der Waals surface area (Å²) >= 11 is 3.14. The number of rotatable bonds is 2. The smallest absolute Gasteiger partial charge is 0.143 e. The Bertz CT molecular complexity index is 403. The maximum atomic E-state index is 13.2. The minimum Gasteiger partial charge on any atom is -0.488 e. The van der Waals surface area contributed by atoms with Gasteiger partial charge in [0.2, 0.25) is 0 Å². The third-order valence-corrected chi connectivity index (χ3v) is 3.92. The van der Waals surface area contributed by atoms with Crippen molar-refractivity contribution in [1.29, 1.82) is 0 Å². The molecule has 2 nitrogen and oxygen atoms in total. The monoisotopic (exact) mass is 301 g/mol. The normalized spacial score (nSPS) is 24.6. The topological polar surface area (TPSA) is 35.2 Å². The third-order valence-electron chi connectivity index (χ3n) is 3.31. The van der Waals surface area contributed by atoms with E-state index in [1.54, 1.807) is 6.07 Å². The lowest BCUT2D eigenvalue weighted by Gasteiger charge is -2.27. The van der Waals surface area contributed by atoms with Crippen LogP contribution in [0.1, 0.15) is 32.6 Å². The second-order valence-electron chi connectivity index (χ2n) is 4.80. The number of hydrogen-bond donors (Lipinski definition) is 1. The molecule has 0 radical (unpaired) electrons. The lowest BCUT2D eigenvalue weighted by molar-refractivity contribution is 0.136. The summed E-state index contributed by atoms with van der Waals surface area (Å²) in [6, 6.07) is 2.91. The number of hydrogen-bond acceptors (Lipinski definition) is 2. The molecule has 0 heterocycles. The molecule has 94 valence electrons. The van der Waals surface area contributed by atoms with E-state index in [2.05, 4.69) is 22.9 Å². The van der Waals surface area contributed by atoms with Crippen LogP contribution in [0.3, 0.4) is 0 Å². The zero-order valence-electron chi connectivity index (χ0n) is 9.88. The minimum absolute atomic E-state index is 0.214. The van der Waals surface area contributed by atoms with Crippen LogP contribution in [0.4, 0.5) is 10.1 Å². The van der Waals surface area contributed by atoms with Crippen LogP contribution in [0.2, 0.25) is 0 Å². The first-order valence-electron chi connectivity index (χ1n) is 5.97. The molecule has 1 aliphatic rings. The molecule has 1 fully saturated rings. The number of anilines is 1. The Morgan fingerprint density at radius 3 is 2.59 bits per heavy atom. The molecule has 0 unspecified atom stereocenters. The quantitative estimate of drug-likeness (QED) is 0.834. The van der Waals surface area contributed by atoms with Gasteiger partial charge >= 0.3 is 0 Å². The average molecular weight is 302 g/mol. The first-order chi connectivity index (χ1) is 8.06. The lowest BCUT2D eigenvalue weighted by atomic mass is 9.89. The molecular formula is C13H17BrFNO. The Hall–Kier alpha value is -0.770. The van der Waals surface area contributed by atoms with E-state index in [0.29, 0.717) is 15.9 Å². The molecule has 2 rings (SSSR count). The molecule has 2 N–H and O–H groups in total. The molecule has 0 amide bonds. The van der Waals surface area contributed by atoms with E-state index in [9.17, 15) is 4.39 Å². The van der Waals surface area contributed by atoms with Crippen LogP contribution in [0.5, 0.6) is 5.75 Å². The summed E-state index contributed by atoms with van der Waals surface area (Å²) in [6.45, 7) is 2.26. The number of ether oxygens (including phenoxy) is 1. The molecule has 0 saturated heterocycles. The molecule has 0 aliphatic heterocycles. The standard InChI is InChI=1S/C13H17BrFNO/c1-8-2-4-9(5-3-8)17-13-6-10(14)11(15)7-12(13)16/h6-9H,2-5,16H2,1H3. The number of benzene rings is 1. The van der Waals surface area contributed by atoms with E-state index >= 15 is 0 Å². The molecule has 17 heavy (non-hydrogen) atoms. The Morgan fingerprint density at radius 1 is 1.29 bits per heavy atom. The predicted molar refractivity (Wildman–Crippen MR) is 70.6 cm³/mol. The van der Waals surface area contributed by atoms with Gasteiger partial charge in [-0.15, -0.1) is 0 Å². The van der Waals surface area contributed by atoms with Crippen molar-refractivity contribution in [3.05, 3.63) is 22.4 Å². The highest BCUT2D eigenvalue weighted by Crippen LogP contribution is 2.32. The molecule has 1 aliphatic carbocycles. The van der Waals surface area contributed by atoms with Gasteiger partial charge < -0.3 is 10.5 Å². The first kappa shape index (κ1) is 12.7. The number of nitrogens with two attached hydrogens (primary N) is 1. The highest BCUT2D eigenvalue weighted by atomic mass is 79.9. The molecule has 0 spiro atoms. The molecule has 0 bridgehead atoms. The summed E-state index contributed by atoms with van der Waals surface area (Å²) in [7, 11) is 0. The zero-order chi connectivity index (χ0) is 12.4. The van der Waals surface area contributed by atoms with Crippen molar-refractivity contribution in [3.63, 3.8) is 0 Å². The van der Waals surface area contributed by atoms with E-state index in [1.165, 1.54) is 18.9 Å². The fourth-order valence-electron chi connectivity index (χ4n) is 2.17. The summed E-state index contributed by atoms with van der Waals surface area (Å²) in [5.74, 6) is 1.01. The largest absolute Gasteiger partial charge is 0.488 e. The SMILES string of the molecule is CC1CCC(Oc2cc(Br)c(F)cc2N)CC1. The van der Waals surface area contributed by atoms with Crippen molar-refractivity contribution < 1.29 is 9.13 Å². The van der Waals surface area contributed by atoms with Crippen molar-refractivity contribution in [2.45, 2.75) is 38.7 Å². The lowest BCUT2D eigenvalue weighted by Crippen LogP contribution is -2.23. The number of halogens is 2. The van der Waals surface area contributed by atoms with Crippen LogP contribution in [0.15, 0.2) is 16.6 Å². The van der Waals surface area contributed by atoms with E-state index in [4.69, 9.17) is 10.5 Å². The maximum Gasteiger partial charge on any atom is 0.143 e. The van der Waals surface area contributed by atoms with Crippen LogP contribution in [-0.4, -0.2) is 6.10 Å². The van der Waals surface area contributed by atoms with Gasteiger partial charge in [-0.05, 0) is 53.6 Å². The van der Waals surface area contributed by atoms with Crippen LogP contribution >= 0.6 is 15.9 Å². The summed E-state index contributed by atoms with van der Waals surface area (Å²) in [4.78, 5) is 0. The first-order valence-corrected chi connectivity index (χ1v) is 6.76. The molecule has 0 atom stereocenters. The van der Waals surface area contributed by atoms with Crippen LogP contribution in [0.25, 0.3) is 0 Å². The zero-order valence-corrected chi connectivity index (χ0v) is 11.5. The minimum atomic E-state index is -0.355. The van der Waals surface area contributed by atoms with E-state index in [-0.39, 0.29) is 11.9 Å². The average Bonchev–Trinajstić information content (AvgIpc) is 2.29. The van der Waals surface area contributed by atoms with Crippen LogP contribution < -0.4 is 10.5 Å². The fraction of sp³-hybridized carbons (Fsp3) is 0.538. The van der Waals surface area contributed by atoms with Gasteiger partial charge in [-0.3, -0.25) is 0 Å². The fourth-order valence-corrected chi connectivity index (χ4v) is 2.50. The van der Waals surface area contributed by atoms with Crippen molar-refractivity contribution in [1.82, 2.24) is 0 Å². The summed E-state index contributed by atoms with van der Waals surface area (Å²) < 4.78 is 19.4. The molecular weight excluding hydrogens is 285 g/mol. The van der Waals surface area contributed by atoms with Gasteiger partial charge in [0, 0.05) is 6.07 Å². The van der Waals surface area contributed by atoms with Crippen LogP contribution in [-0.2, 0) is 0 Å². The summed E-state index contributed by atoms with van der Waals surface area (Å²) in [5, 5.41) is 0. The second kappa shape index (κ2) is 5.25. The second-order valence-corrected chi connectivity index (χ2v) is 5.66. The van der Waals surface area contributed by atoms with E-state index in [0.717, 1.165) is 18.8 Å². The van der Waals surface area contributed by atoms with Crippen molar-refractivity contribution in [2.24, 2.45) is 5.92 Å². The highest BCUT2D eigenvalue weighted by molar-refractivity contribution is 9.10. The van der Waals surface area contributed by atoms with E-state index in [1.807, 2.05) is 0 Å². The van der Waals surface area contributed by atoms with Crippen LogP contribution in [0, 0.1) is 11.7 Å². The Kier molecular flexibility index (Phi) is 3.92. The molecule has 1 aromatic rings. The maximum absolute atomic E-state index is 13.2. The van der Waals surface area contributed by atoms with Crippen molar-refractivity contribution >= 4 is 21.6 Å². The summed E-state index contributed by atoms with van der Waals surface area (Å²) in [5.41, 5.74) is 6.11. The van der Waals surface area contributed by atoms with E-state index < -0.39 is 0 Å². The molecule has 1 aromatic carbocycles. The Balaban J connectivity index is 2.06.